The van der Waals surface area contributed by atoms with Crippen LogP contribution in [-0.2, 0) is 44.5 Å². The number of ether oxygens (including phenoxy) is 8. The van der Waals surface area contributed by atoms with Gasteiger partial charge in [-0.05, 0) is 105 Å². The fourth-order valence-corrected chi connectivity index (χ4v) is 9.87. The van der Waals surface area contributed by atoms with Crippen LogP contribution in [0.25, 0.3) is 11.3 Å². The van der Waals surface area contributed by atoms with Crippen LogP contribution >= 0.6 is 0 Å². The third-order valence-corrected chi connectivity index (χ3v) is 14.1. The van der Waals surface area contributed by atoms with Crippen molar-refractivity contribution in [1.82, 2.24) is 24.8 Å². The highest BCUT2D eigenvalue weighted by Crippen LogP contribution is 2.41. The molecule has 3 aliphatic heterocycles. The predicted octanol–water partition coefficient (Wildman–Crippen LogP) is 3.61. The monoisotopic (exact) mass is 892 g/mol. The molecule has 0 saturated carbocycles. The van der Waals surface area contributed by atoms with E-state index in [9.17, 15) is 20.1 Å². The molecule has 4 heterocycles. The minimum Gasteiger partial charge on any atom is -0.497 e. The lowest BCUT2D eigenvalue weighted by Crippen LogP contribution is -2.61. The molecule has 1 aromatic carbocycles. The first-order valence-corrected chi connectivity index (χ1v) is 22.5. The van der Waals surface area contributed by atoms with Crippen LogP contribution in [-0.4, -0.2) is 180 Å². The van der Waals surface area contributed by atoms with Crippen LogP contribution in [0.1, 0.15) is 74.7 Å². The van der Waals surface area contributed by atoms with E-state index in [2.05, 4.69) is 15.2 Å². The van der Waals surface area contributed by atoms with E-state index in [1.165, 1.54) is 0 Å². The molecule has 3 fully saturated rings. The van der Waals surface area contributed by atoms with E-state index >= 15 is 0 Å². The van der Waals surface area contributed by atoms with E-state index in [4.69, 9.17) is 37.9 Å². The summed E-state index contributed by atoms with van der Waals surface area (Å²) in [6.07, 6.45) is -4.35. The van der Waals surface area contributed by atoms with Crippen molar-refractivity contribution < 1.29 is 58.0 Å². The van der Waals surface area contributed by atoms with Gasteiger partial charge in [0, 0.05) is 44.7 Å². The van der Waals surface area contributed by atoms with E-state index < -0.39 is 78.2 Å². The molecule has 3 saturated heterocycles. The summed E-state index contributed by atoms with van der Waals surface area (Å²) in [7, 11) is 10.6. The van der Waals surface area contributed by atoms with Crippen molar-refractivity contribution >= 4 is 5.97 Å². The highest BCUT2D eigenvalue weighted by atomic mass is 16.7. The van der Waals surface area contributed by atoms with Crippen molar-refractivity contribution in [3.63, 3.8) is 0 Å². The number of nitrogens with zero attached hydrogens (tertiary/aromatic N) is 5. The average Bonchev–Trinajstić information content (AvgIpc) is 3.73. The Labute approximate surface area is 374 Å². The number of esters is 1. The Morgan fingerprint density at radius 1 is 0.889 bits per heavy atom. The van der Waals surface area contributed by atoms with Gasteiger partial charge in [-0.15, -0.1) is 5.10 Å². The van der Waals surface area contributed by atoms with E-state index in [0.29, 0.717) is 31.6 Å². The largest absolute Gasteiger partial charge is 0.497 e. The molecule has 3 aliphatic rings. The minimum absolute atomic E-state index is 0.00338. The fraction of sp³-hybridized carbons (Fsp3) is 0.804. The Morgan fingerprint density at radius 2 is 1.56 bits per heavy atom. The van der Waals surface area contributed by atoms with Gasteiger partial charge in [0.25, 0.3) is 0 Å². The van der Waals surface area contributed by atoms with Gasteiger partial charge in [0.1, 0.15) is 30.3 Å². The normalized spacial score (nSPS) is 40.5. The zero-order valence-electron chi connectivity index (χ0n) is 40.0. The third kappa shape index (κ3) is 12.0. The number of carbonyl (C=O) groups is 1. The van der Waals surface area contributed by atoms with Crippen molar-refractivity contribution in [3.05, 3.63) is 30.5 Å². The number of aliphatic hydroxyl groups is 3. The molecule has 5 rings (SSSR count). The molecule has 17 atom stereocenters. The van der Waals surface area contributed by atoms with Crippen LogP contribution < -0.4 is 4.74 Å². The molecule has 0 radical (unpaired) electrons. The highest BCUT2D eigenvalue weighted by Gasteiger charge is 2.52. The maximum absolute atomic E-state index is 14.6. The molecular formula is C46H77N5O12. The van der Waals surface area contributed by atoms with Gasteiger partial charge in [0.05, 0.1) is 73.5 Å². The Hall–Kier alpha value is -2.81. The minimum atomic E-state index is -1.11. The van der Waals surface area contributed by atoms with Gasteiger partial charge >= 0.3 is 5.97 Å². The van der Waals surface area contributed by atoms with Crippen LogP contribution in [0.5, 0.6) is 5.75 Å². The van der Waals surface area contributed by atoms with Crippen LogP contribution in [0, 0.1) is 23.7 Å². The number of benzene rings is 1. The summed E-state index contributed by atoms with van der Waals surface area (Å²) in [5.74, 6) is -1.81. The summed E-state index contributed by atoms with van der Waals surface area (Å²) in [6.45, 7) is 16.0. The summed E-state index contributed by atoms with van der Waals surface area (Å²) in [5.41, 5.74) is -0.550. The average molecular weight is 892 g/mol. The molecular weight excluding hydrogens is 815 g/mol. The van der Waals surface area contributed by atoms with Gasteiger partial charge in [-0.2, -0.15) is 0 Å². The fourth-order valence-electron chi connectivity index (χ4n) is 9.87. The molecule has 2 aromatic rings. The second-order valence-corrected chi connectivity index (χ2v) is 19.3. The van der Waals surface area contributed by atoms with E-state index in [0.717, 1.165) is 11.3 Å². The van der Waals surface area contributed by atoms with Crippen LogP contribution in [0.2, 0.25) is 0 Å². The number of rotatable bonds is 11. The number of hydrogen-bond acceptors (Lipinski definition) is 16. The lowest BCUT2D eigenvalue weighted by atomic mass is 9.75. The maximum atomic E-state index is 14.6. The number of carbonyl (C=O) groups excluding carboxylic acids is 1. The Bertz CT molecular complexity index is 1740. The van der Waals surface area contributed by atoms with Crippen LogP contribution in [0.3, 0.4) is 0 Å². The molecule has 358 valence electrons. The number of aliphatic hydroxyl groups excluding tert-OH is 3. The number of likely N-dealkylation sites (N-methyl/N-ethyl adjacent to an activating group) is 2. The summed E-state index contributed by atoms with van der Waals surface area (Å²) < 4.78 is 52.1. The Morgan fingerprint density at radius 3 is 2.17 bits per heavy atom. The van der Waals surface area contributed by atoms with Gasteiger partial charge in [-0.1, -0.05) is 26.0 Å². The molecule has 0 unspecified atom stereocenters. The molecule has 17 nitrogen and oxygen atoms in total. The van der Waals surface area contributed by atoms with Crippen LogP contribution in [0.15, 0.2) is 30.5 Å². The summed E-state index contributed by atoms with van der Waals surface area (Å²) in [6, 6.07) is 6.96. The smallest absolute Gasteiger partial charge is 0.311 e. The Kier molecular flexibility index (Phi) is 17.6. The highest BCUT2D eigenvalue weighted by molar-refractivity contribution is 5.72. The number of aromatic nitrogens is 3. The molecule has 3 N–H and O–H groups in total. The summed E-state index contributed by atoms with van der Waals surface area (Å²) in [4.78, 5) is 18.6. The first-order chi connectivity index (χ1) is 29.6. The molecule has 17 heteroatoms. The number of hydrogen-bond donors (Lipinski definition) is 3. The van der Waals surface area contributed by atoms with Gasteiger partial charge in [-0.3, -0.25) is 14.4 Å². The second-order valence-electron chi connectivity index (χ2n) is 19.3. The van der Waals surface area contributed by atoms with Gasteiger partial charge in [0.15, 0.2) is 12.6 Å². The number of methoxy groups -OCH3 is 3. The molecule has 0 aliphatic carbocycles. The first kappa shape index (κ1) is 51.2. The molecule has 1 aromatic heterocycles. The lowest BCUT2D eigenvalue weighted by molar-refractivity contribution is -0.319. The van der Waals surface area contributed by atoms with Crippen molar-refractivity contribution in [2.24, 2.45) is 23.7 Å². The predicted molar refractivity (Wildman–Crippen MR) is 235 cm³/mol. The van der Waals surface area contributed by atoms with E-state index in [1.807, 2.05) is 98.0 Å². The topological polar surface area (TPSA) is 189 Å². The van der Waals surface area contributed by atoms with Crippen molar-refractivity contribution in [2.45, 2.75) is 160 Å². The Balaban J connectivity index is 1.54. The first-order valence-electron chi connectivity index (χ1n) is 22.5. The standard InChI is InChI=1S/C46H77N5O12/c1-26-20-46(8,58-14)42(63-44-39(53)36(49(9)10)19-28(3)60-44)29(4)40(62-37-21-45(7,57-13)41(54)31(6)61-37)30(5)43(55)59-25-33(50(11)22-27(2)38(26)52)23-51-24-35(47-48-51)32-15-17-34(56-12)18-16-32/h15-18,24,26-31,33,36-42,44,52-54H,19-23,25H2,1-14H3/t26-,27-,28-,29+,30-,31+,33+,36+,37+,38+,39-,40+,41+,42-,44+,45-,46-/m1/s1. The molecule has 63 heavy (non-hydrogen) atoms. The molecule has 0 spiro atoms. The second kappa shape index (κ2) is 21.7. The van der Waals surface area contributed by atoms with Gasteiger partial charge in [0.2, 0.25) is 0 Å². The van der Waals surface area contributed by atoms with Crippen LogP contribution in [0.4, 0.5) is 0 Å². The lowest BCUT2D eigenvalue weighted by Gasteiger charge is -2.49. The zero-order chi connectivity index (χ0) is 46.6. The SMILES string of the molecule is COc1ccc(-c2cn(C[C@H]3COC(=O)[C@H](C)[C@@H](O[C@H]4C[C@@](C)(OC)[C@@H](O)[C@H](C)O4)[C@H](C)[C@@H](O[C@@H]4O[C@H](C)C[C@H](N(C)C)[C@H]4O)[C@](C)(OC)C[C@@H](C)[C@H](O)[C@H](C)CN3C)nn2)cc1. The van der Waals surface area contributed by atoms with Crippen molar-refractivity contribution in [1.29, 1.82) is 0 Å². The summed E-state index contributed by atoms with van der Waals surface area (Å²) >= 11 is 0. The van der Waals surface area contributed by atoms with Gasteiger partial charge < -0.3 is 58.1 Å². The number of cyclic esters (lactones) is 1. The van der Waals surface area contributed by atoms with E-state index in [-0.39, 0.29) is 43.1 Å². The van der Waals surface area contributed by atoms with E-state index in [1.54, 1.807) is 39.9 Å². The zero-order valence-corrected chi connectivity index (χ0v) is 40.0. The maximum Gasteiger partial charge on any atom is 0.311 e. The van der Waals surface area contributed by atoms with Gasteiger partial charge in [-0.25, -0.2) is 0 Å². The van der Waals surface area contributed by atoms with Crippen molar-refractivity contribution in [3.8, 4) is 17.0 Å². The van der Waals surface area contributed by atoms with Crippen molar-refractivity contribution in [2.75, 3.05) is 55.6 Å². The molecule has 0 amide bonds. The summed E-state index contributed by atoms with van der Waals surface area (Å²) in [5, 5.41) is 43.7. The quantitative estimate of drug-likeness (QED) is 0.278. The third-order valence-electron chi connectivity index (χ3n) is 14.1. The molecule has 0 bridgehead atoms.